The molecule has 0 bridgehead atoms. The largest absolute Gasteiger partial charge is 0.481 e. The van der Waals surface area contributed by atoms with Crippen LogP contribution in [0, 0.1) is 17.8 Å². The minimum atomic E-state index is -0.933. The normalized spacial score (nSPS) is 22.8. The quantitative estimate of drug-likeness (QED) is 0.821. The molecular weight excluding hydrogens is 251 g/mol. The summed E-state index contributed by atoms with van der Waals surface area (Å²) in [4.78, 5) is 26.6. The van der Waals surface area contributed by atoms with Gasteiger partial charge in [-0.3, -0.25) is 9.59 Å². The van der Waals surface area contributed by atoms with E-state index in [1.807, 2.05) is 0 Å². The van der Waals surface area contributed by atoms with Gasteiger partial charge in [0.05, 0.1) is 23.7 Å². The molecule has 6 heteroatoms. The first-order chi connectivity index (χ1) is 9.08. The molecule has 0 saturated heterocycles. The van der Waals surface area contributed by atoms with E-state index in [0.717, 1.165) is 18.9 Å². The van der Waals surface area contributed by atoms with Crippen LogP contribution in [-0.2, 0) is 9.59 Å². The van der Waals surface area contributed by atoms with Crippen molar-refractivity contribution in [3.63, 3.8) is 0 Å². The smallest absolute Gasteiger partial charge is 0.307 e. The highest BCUT2D eigenvalue weighted by Gasteiger charge is 2.35. The Morgan fingerprint density at radius 2 is 1.95 bits per heavy atom. The average molecular weight is 266 g/mol. The monoisotopic (exact) mass is 266 g/mol. The van der Waals surface area contributed by atoms with E-state index in [-0.39, 0.29) is 5.91 Å². The van der Waals surface area contributed by atoms with Gasteiger partial charge in [-0.2, -0.15) is 4.39 Å². The van der Waals surface area contributed by atoms with Crippen LogP contribution < -0.4 is 5.32 Å². The van der Waals surface area contributed by atoms with Crippen molar-refractivity contribution < 1.29 is 19.1 Å². The van der Waals surface area contributed by atoms with Crippen molar-refractivity contribution >= 4 is 17.6 Å². The van der Waals surface area contributed by atoms with E-state index in [9.17, 15) is 14.0 Å². The number of carbonyl (C=O) groups excluding carboxylic acids is 1. The second-order valence-electron chi connectivity index (χ2n) is 4.69. The van der Waals surface area contributed by atoms with Gasteiger partial charge in [0.1, 0.15) is 0 Å². The Labute approximate surface area is 109 Å². The Hall–Kier alpha value is -1.98. The van der Waals surface area contributed by atoms with E-state index in [0.29, 0.717) is 18.5 Å². The van der Waals surface area contributed by atoms with E-state index >= 15 is 0 Å². The van der Waals surface area contributed by atoms with Crippen molar-refractivity contribution in [1.29, 1.82) is 0 Å². The number of aliphatic carboxylic acids is 1. The van der Waals surface area contributed by atoms with Crippen molar-refractivity contribution in [2.24, 2.45) is 11.8 Å². The Bertz CT molecular complexity index is 475. The Morgan fingerprint density at radius 3 is 2.53 bits per heavy atom. The predicted molar refractivity (Wildman–Crippen MR) is 65.9 cm³/mol. The summed E-state index contributed by atoms with van der Waals surface area (Å²) < 4.78 is 12.6. The number of hydrogen-bond acceptors (Lipinski definition) is 3. The minimum absolute atomic E-state index is 0.333. The highest BCUT2D eigenvalue weighted by Crippen LogP contribution is 2.31. The lowest BCUT2D eigenvalue weighted by Crippen LogP contribution is -2.36. The molecule has 2 rings (SSSR count). The van der Waals surface area contributed by atoms with Gasteiger partial charge in [-0.05, 0) is 25.0 Å². The second-order valence-corrected chi connectivity index (χ2v) is 4.69. The van der Waals surface area contributed by atoms with Gasteiger partial charge in [-0.25, -0.2) is 4.98 Å². The zero-order valence-electron chi connectivity index (χ0n) is 10.3. The van der Waals surface area contributed by atoms with Crippen LogP contribution in [0.4, 0.5) is 10.1 Å². The zero-order valence-corrected chi connectivity index (χ0v) is 10.3. The molecule has 1 aromatic heterocycles. The number of halogens is 1. The summed E-state index contributed by atoms with van der Waals surface area (Å²) in [5, 5.41) is 11.7. The molecule has 1 aromatic rings. The molecule has 0 spiro atoms. The molecule has 1 aliphatic carbocycles. The molecule has 0 aromatic carbocycles. The fraction of sp³-hybridized carbons (Fsp3) is 0.462. The highest BCUT2D eigenvalue weighted by molar-refractivity contribution is 5.95. The number of anilines is 1. The molecule has 1 amide bonds. The summed E-state index contributed by atoms with van der Waals surface area (Å²) in [6, 6.07) is 2.55. The molecule has 2 unspecified atom stereocenters. The first-order valence-corrected chi connectivity index (χ1v) is 6.23. The molecule has 5 nitrogen and oxygen atoms in total. The summed E-state index contributed by atoms with van der Waals surface area (Å²) in [6.07, 6.45) is 3.99. The van der Waals surface area contributed by atoms with E-state index in [1.54, 1.807) is 0 Å². The van der Waals surface area contributed by atoms with Crippen molar-refractivity contribution in [1.82, 2.24) is 4.98 Å². The van der Waals surface area contributed by atoms with Gasteiger partial charge < -0.3 is 10.4 Å². The number of pyridine rings is 1. The molecule has 102 valence electrons. The Balaban J connectivity index is 2.05. The first kappa shape index (κ1) is 13.5. The SMILES string of the molecule is O=C(O)C1CCCCC1C(=O)Nc1ccc(F)nc1. The van der Waals surface area contributed by atoms with E-state index < -0.39 is 23.8 Å². The molecule has 19 heavy (non-hydrogen) atoms. The van der Waals surface area contributed by atoms with E-state index in [1.165, 1.54) is 12.3 Å². The molecule has 1 fully saturated rings. The highest BCUT2D eigenvalue weighted by atomic mass is 19.1. The standard InChI is InChI=1S/C13H15FN2O3/c14-11-6-5-8(7-15-11)16-12(17)9-3-1-2-4-10(9)13(18)19/h5-7,9-10H,1-4H2,(H,16,17)(H,18,19). The third kappa shape index (κ3) is 3.27. The van der Waals surface area contributed by atoms with E-state index in [4.69, 9.17) is 5.11 Å². The summed E-state index contributed by atoms with van der Waals surface area (Å²) in [5.41, 5.74) is 0.376. The summed E-state index contributed by atoms with van der Waals surface area (Å²) >= 11 is 0. The molecule has 1 saturated carbocycles. The molecule has 1 heterocycles. The lowest BCUT2D eigenvalue weighted by Gasteiger charge is -2.27. The van der Waals surface area contributed by atoms with E-state index in [2.05, 4.69) is 10.3 Å². The number of nitrogens with one attached hydrogen (secondary N) is 1. The van der Waals surface area contributed by atoms with Crippen LogP contribution in [0.2, 0.25) is 0 Å². The fourth-order valence-corrected chi connectivity index (χ4v) is 2.42. The van der Waals surface area contributed by atoms with Gasteiger partial charge in [0.2, 0.25) is 11.9 Å². The van der Waals surface area contributed by atoms with Gasteiger partial charge in [0.15, 0.2) is 0 Å². The molecule has 1 aliphatic rings. The predicted octanol–water partition coefficient (Wildman–Crippen LogP) is 2.05. The van der Waals surface area contributed by atoms with Crippen LogP contribution >= 0.6 is 0 Å². The van der Waals surface area contributed by atoms with Crippen molar-refractivity contribution in [2.45, 2.75) is 25.7 Å². The van der Waals surface area contributed by atoms with Crippen LogP contribution in [-0.4, -0.2) is 22.0 Å². The van der Waals surface area contributed by atoms with Gasteiger partial charge >= 0.3 is 5.97 Å². The average Bonchev–Trinajstić information content (AvgIpc) is 2.41. The maximum atomic E-state index is 12.6. The Kier molecular flexibility index (Phi) is 4.09. The van der Waals surface area contributed by atoms with Gasteiger partial charge in [0, 0.05) is 0 Å². The zero-order chi connectivity index (χ0) is 13.8. The first-order valence-electron chi connectivity index (χ1n) is 6.23. The van der Waals surface area contributed by atoms with Crippen LogP contribution in [0.1, 0.15) is 25.7 Å². The number of nitrogens with zero attached hydrogens (tertiary/aromatic N) is 1. The molecule has 2 N–H and O–H groups in total. The number of carboxylic acids is 1. The summed E-state index contributed by atoms with van der Waals surface area (Å²) in [7, 11) is 0. The molecule has 0 aliphatic heterocycles. The summed E-state index contributed by atoms with van der Waals surface area (Å²) in [5.74, 6) is -3.06. The van der Waals surface area contributed by atoms with Crippen molar-refractivity contribution in [3.8, 4) is 0 Å². The molecule has 2 atom stereocenters. The van der Waals surface area contributed by atoms with Crippen LogP contribution in [0.15, 0.2) is 18.3 Å². The summed E-state index contributed by atoms with van der Waals surface area (Å²) in [6.45, 7) is 0. The fourth-order valence-electron chi connectivity index (χ4n) is 2.42. The lowest BCUT2D eigenvalue weighted by molar-refractivity contribution is -0.147. The van der Waals surface area contributed by atoms with Crippen molar-refractivity contribution in [3.05, 3.63) is 24.3 Å². The number of carboxylic acid groups (broad SMARTS) is 1. The van der Waals surface area contributed by atoms with Crippen molar-refractivity contribution in [2.75, 3.05) is 5.32 Å². The Morgan fingerprint density at radius 1 is 1.26 bits per heavy atom. The van der Waals surface area contributed by atoms with Crippen LogP contribution in [0.3, 0.4) is 0 Å². The third-order valence-corrected chi connectivity index (χ3v) is 3.41. The van der Waals surface area contributed by atoms with Gasteiger partial charge in [0.25, 0.3) is 0 Å². The minimum Gasteiger partial charge on any atom is -0.481 e. The number of hydrogen-bond donors (Lipinski definition) is 2. The number of amides is 1. The third-order valence-electron chi connectivity index (χ3n) is 3.41. The van der Waals surface area contributed by atoms with Crippen LogP contribution in [0.5, 0.6) is 0 Å². The number of aromatic nitrogens is 1. The molecule has 0 radical (unpaired) electrons. The lowest BCUT2D eigenvalue weighted by atomic mass is 9.78. The second kappa shape index (κ2) is 5.77. The van der Waals surface area contributed by atoms with Crippen LogP contribution in [0.25, 0.3) is 0 Å². The van der Waals surface area contributed by atoms with Gasteiger partial charge in [-0.1, -0.05) is 12.8 Å². The molecular formula is C13H15FN2O3. The van der Waals surface area contributed by atoms with Gasteiger partial charge in [-0.15, -0.1) is 0 Å². The number of rotatable bonds is 3. The number of carbonyl (C=O) groups is 2. The maximum absolute atomic E-state index is 12.6. The maximum Gasteiger partial charge on any atom is 0.307 e. The topological polar surface area (TPSA) is 79.3 Å².